The quantitative estimate of drug-likeness (QED) is 0.502. The van der Waals surface area contributed by atoms with Crippen LogP contribution >= 0.6 is 0 Å². The number of hydrogen-bond acceptors (Lipinski definition) is 8. The van der Waals surface area contributed by atoms with Crippen LogP contribution in [0.1, 0.15) is 43.6 Å². The first-order valence-corrected chi connectivity index (χ1v) is 13.7. The van der Waals surface area contributed by atoms with E-state index in [0.717, 1.165) is 4.31 Å². The summed E-state index contributed by atoms with van der Waals surface area (Å²) in [6, 6.07) is 2.61. The second-order valence-electron chi connectivity index (χ2n) is 9.88. The number of rotatable bonds is 7. The van der Waals surface area contributed by atoms with E-state index in [0.29, 0.717) is 32.7 Å². The molecule has 12 heteroatoms. The van der Waals surface area contributed by atoms with Crippen LogP contribution in [0.5, 0.6) is 0 Å². The Morgan fingerprint density at radius 2 is 1.86 bits per heavy atom. The highest BCUT2D eigenvalue weighted by Gasteiger charge is 2.55. The zero-order valence-corrected chi connectivity index (χ0v) is 21.4. The van der Waals surface area contributed by atoms with Gasteiger partial charge in [-0.05, 0) is 30.9 Å². The summed E-state index contributed by atoms with van der Waals surface area (Å²) < 4.78 is 32.5. The van der Waals surface area contributed by atoms with E-state index in [2.05, 4.69) is 4.98 Å². The van der Waals surface area contributed by atoms with Crippen molar-refractivity contribution in [3.05, 3.63) is 30.1 Å². The van der Waals surface area contributed by atoms with Crippen molar-refractivity contribution in [2.75, 3.05) is 39.4 Å². The van der Waals surface area contributed by atoms with Crippen molar-refractivity contribution in [1.82, 2.24) is 19.1 Å². The normalized spacial score (nSPS) is 23.7. The molecule has 4 rings (SSSR count). The molecular formula is C24H32N4O7S. The number of amides is 2. The van der Waals surface area contributed by atoms with E-state index in [1.807, 2.05) is 13.8 Å². The second kappa shape index (κ2) is 10.7. The van der Waals surface area contributed by atoms with Crippen molar-refractivity contribution < 1.29 is 32.3 Å². The third kappa shape index (κ3) is 5.21. The molecule has 11 nitrogen and oxygen atoms in total. The maximum absolute atomic E-state index is 13.6. The zero-order valence-electron chi connectivity index (χ0n) is 20.5. The number of fused-ring (bicyclic) bond motifs is 1. The minimum absolute atomic E-state index is 0.0270. The third-order valence-corrected chi connectivity index (χ3v) is 8.66. The largest absolute Gasteiger partial charge is 0.378 e. The van der Waals surface area contributed by atoms with Gasteiger partial charge in [-0.25, -0.2) is 8.42 Å². The number of ketones is 1. The summed E-state index contributed by atoms with van der Waals surface area (Å²) in [5.41, 5.74) is -0.224. The van der Waals surface area contributed by atoms with Gasteiger partial charge in [-0.1, -0.05) is 19.9 Å². The van der Waals surface area contributed by atoms with Crippen LogP contribution in [0.4, 0.5) is 0 Å². The van der Waals surface area contributed by atoms with Gasteiger partial charge in [0.2, 0.25) is 11.8 Å². The number of carbonyl (C=O) groups is 4. The smallest absolute Gasteiger partial charge is 0.310 e. The Morgan fingerprint density at radius 1 is 1.14 bits per heavy atom. The molecule has 0 radical (unpaired) electrons. The molecule has 4 heterocycles. The van der Waals surface area contributed by atoms with Gasteiger partial charge in [-0.2, -0.15) is 4.31 Å². The lowest BCUT2D eigenvalue weighted by Crippen LogP contribution is -2.48. The number of Topliss-reactive ketones (excluding diaryl/α,β-unsaturated/α-hetero) is 1. The van der Waals surface area contributed by atoms with Crippen LogP contribution < -0.4 is 0 Å². The van der Waals surface area contributed by atoms with Crippen LogP contribution in [-0.2, 0) is 29.1 Å². The van der Waals surface area contributed by atoms with E-state index < -0.39 is 45.5 Å². The number of hydrogen-bond donors (Lipinski definition) is 0. The Balaban J connectivity index is 1.51. The Morgan fingerprint density at radius 3 is 2.50 bits per heavy atom. The number of ether oxygens (including phenoxy) is 1. The van der Waals surface area contributed by atoms with Crippen molar-refractivity contribution in [2.24, 2.45) is 11.8 Å². The van der Waals surface area contributed by atoms with Crippen molar-refractivity contribution in [3.8, 4) is 0 Å². The van der Waals surface area contributed by atoms with Gasteiger partial charge >= 0.3 is 5.12 Å². The summed E-state index contributed by atoms with van der Waals surface area (Å²) in [6.07, 6.45) is 2.06. The standard InChI is InChI=1S/C24H32N4O7S/c1-16(2)13-17(14-21(30)26-9-11-35-12-10-26)23(31)27-8-6-19-22(27)20(29)15-28(19)36(33,34)24(32)18-5-3-4-7-25-18/h3-5,7,16-17,19,22H,6,8-15H2,1-2H3. The van der Waals surface area contributed by atoms with Crippen molar-refractivity contribution in [2.45, 2.75) is 45.2 Å². The topological polar surface area (TPSA) is 134 Å². The van der Waals surface area contributed by atoms with E-state index in [4.69, 9.17) is 4.74 Å². The van der Waals surface area contributed by atoms with Gasteiger partial charge in [-0.3, -0.25) is 24.2 Å². The van der Waals surface area contributed by atoms with Gasteiger partial charge in [0, 0.05) is 38.2 Å². The number of likely N-dealkylation sites (tertiary alicyclic amines) is 1. The molecule has 3 fully saturated rings. The molecular weight excluding hydrogens is 488 g/mol. The molecule has 3 aliphatic heterocycles. The predicted octanol–water partition coefficient (Wildman–Crippen LogP) is 0.317. The molecule has 2 amide bonds. The first kappa shape index (κ1) is 26.4. The molecule has 0 N–H and O–H groups in total. The van der Waals surface area contributed by atoms with Crippen LogP contribution in [0, 0.1) is 11.8 Å². The summed E-state index contributed by atoms with van der Waals surface area (Å²) >= 11 is 0. The highest BCUT2D eigenvalue weighted by Crippen LogP contribution is 2.34. The summed E-state index contributed by atoms with van der Waals surface area (Å²) in [4.78, 5) is 59.2. The Hall–Kier alpha value is -2.70. The SMILES string of the molecule is CC(C)CC(CC(=O)N1CCOCC1)C(=O)N1CCC2C1C(=O)CN2S(=O)(=O)C(=O)c1ccccn1. The first-order chi connectivity index (χ1) is 17.1. The third-order valence-electron chi connectivity index (χ3n) is 6.97. The molecule has 1 aromatic rings. The fourth-order valence-corrected chi connectivity index (χ4v) is 6.76. The minimum atomic E-state index is -4.50. The summed E-state index contributed by atoms with van der Waals surface area (Å²) in [5.74, 6) is -1.35. The first-order valence-electron chi connectivity index (χ1n) is 12.3. The molecule has 36 heavy (non-hydrogen) atoms. The fraction of sp³-hybridized carbons (Fsp3) is 0.625. The number of nitrogens with zero attached hydrogens (tertiary/aromatic N) is 4. The van der Waals surface area contributed by atoms with Crippen molar-refractivity contribution in [1.29, 1.82) is 0 Å². The number of pyridine rings is 1. The molecule has 3 atom stereocenters. The maximum atomic E-state index is 13.6. The van der Waals surface area contributed by atoms with Crippen LogP contribution in [-0.4, -0.2) is 102 Å². The highest BCUT2D eigenvalue weighted by molar-refractivity contribution is 8.04. The van der Waals surface area contributed by atoms with E-state index in [-0.39, 0.29) is 42.8 Å². The molecule has 3 aliphatic rings. The van der Waals surface area contributed by atoms with Crippen LogP contribution in [0.2, 0.25) is 0 Å². The Bertz CT molecular complexity index is 1120. The lowest BCUT2D eigenvalue weighted by atomic mass is 9.91. The zero-order chi connectivity index (χ0) is 26.0. The predicted molar refractivity (Wildman–Crippen MR) is 128 cm³/mol. The number of carbonyl (C=O) groups excluding carboxylic acids is 4. The highest BCUT2D eigenvalue weighted by atomic mass is 32.2. The number of aromatic nitrogens is 1. The molecule has 0 aliphatic carbocycles. The molecule has 0 saturated carbocycles. The van der Waals surface area contributed by atoms with Gasteiger partial charge < -0.3 is 14.5 Å². The molecule has 196 valence electrons. The van der Waals surface area contributed by atoms with Gasteiger partial charge in [0.05, 0.1) is 25.8 Å². The van der Waals surface area contributed by atoms with Gasteiger partial charge in [0.15, 0.2) is 5.78 Å². The molecule has 3 saturated heterocycles. The molecule has 0 aromatic carbocycles. The summed E-state index contributed by atoms with van der Waals surface area (Å²) in [6.45, 7) is 5.51. The van der Waals surface area contributed by atoms with Gasteiger partial charge in [0.25, 0.3) is 10.0 Å². The average molecular weight is 521 g/mol. The maximum Gasteiger partial charge on any atom is 0.310 e. The van der Waals surface area contributed by atoms with Crippen LogP contribution in [0.15, 0.2) is 24.4 Å². The minimum Gasteiger partial charge on any atom is -0.378 e. The number of sulfonamides is 1. The van der Waals surface area contributed by atoms with E-state index in [1.54, 1.807) is 11.0 Å². The Labute approximate surface area is 210 Å². The molecule has 0 bridgehead atoms. The lowest BCUT2D eigenvalue weighted by Gasteiger charge is -2.31. The average Bonchev–Trinajstić information content (AvgIpc) is 3.45. The van der Waals surface area contributed by atoms with Crippen molar-refractivity contribution >= 4 is 32.7 Å². The van der Waals surface area contributed by atoms with Crippen molar-refractivity contribution in [3.63, 3.8) is 0 Å². The second-order valence-corrected chi connectivity index (χ2v) is 11.7. The number of morpholine rings is 1. The summed E-state index contributed by atoms with van der Waals surface area (Å²) in [7, 11) is -4.50. The van der Waals surface area contributed by atoms with E-state index >= 15 is 0 Å². The van der Waals surface area contributed by atoms with Crippen LogP contribution in [0.3, 0.4) is 0 Å². The van der Waals surface area contributed by atoms with Crippen LogP contribution in [0.25, 0.3) is 0 Å². The monoisotopic (exact) mass is 520 g/mol. The lowest BCUT2D eigenvalue weighted by molar-refractivity contribution is -0.145. The van der Waals surface area contributed by atoms with Gasteiger partial charge in [0.1, 0.15) is 11.7 Å². The van der Waals surface area contributed by atoms with E-state index in [9.17, 15) is 27.6 Å². The molecule has 1 aromatic heterocycles. The summed E-state index contributed by atoms with van der Waals surface area (Å²) in [5, 5.41) is -1.17. The Kier molecular flexibility index (Phi) is 7.86. The molecule has 3 unspecified atom stereocenters. The van der Waals surface area contributed by atoms with Gasteiger partial charge in [-0.15, -0.1) is 0 Å². The molecule has 0 spiro atoms. The fourth-order valence-electron chi connectivity index (χ4n) is 5.29. The van der Waals surface area contributed by atoms with E-state index in [1.165, 1.54) is 23.2 Å².